The monoisotopic (exact) mass is 541 g/mol. The van der Waals surface area contributed by atoms with Gasteiger partial charge in [-0.25, -0.2) is 8.42 Å². The fourth-order valence-electron chi connectivity index (χ4n) is 3.47. The summed E-state index contributed by atoms with van der Waals surface area (Å²) in [6.07, 6.45) is 1.05. The van der Waals surface area contributed by atoms with Crippen LogP contribution in [0.15, 0.2) is 36.4 Å². The second-order valence-corrected chi connectivity index (χ2v) is 11.8. The minimum absolute atomic E-state index is 0.0575. The fraction of sp³-hybridized carbons (Fsp3) is 0.440. The Hall–Kier alpha value is -2.29. The summed E-state index contributed by atoms with van der Waals surface area (Å²) in [4.78, 5) is 27.8. The Bertz CT molecular complexity index is 1160. The lowest BCUT2D eigenvalue weighted by atomic mass is 10.1. The molecule has 1 N–H and O–H groups in total. The molecule has 0 saturated carbocycles. The average molecular weight is 543 g/mol. The van der Waals surface area contributed by atoms with Gasteiger partial charge in [0.05, 0.1) is 11.9 Å². The Labute approximate surface area is 218 Å². The number of rotatable bonds is 10. The van der Waals surface area contributed by atoms with E-state index in [1.165, 1.54) is 4.90 Å². The summed E-state index contributed by atoms with van der Waals surface area (Å²) >= 11 is 12.7. The maximum Gasteiger partial charge on any atom is 0.244 e. The number of hydrogen-bond donors (Lipinski definition) is 1. The van der Waals surface area contributed by atoms with Crippen molar-refractivity contribution in [1.29, 1.82) is 0 Å². The molecule has 0 spiro atoms. The molecule has 7 nitrogen and oxygen atoms in total. The number of halogens is 2. The maximum atomic E-state index is 13.6. The first-order chi connectivity index (χ1) is 16.2. The number of nitrogens with zero attached hydrogens (tertiary/aromatic N) is 2. The molecule has 0 fully saturated rings. The molecule has 0 radical (unpaired) electrons. The van der Waals surface area contributed by atoms with E-state index < -0.39 is 28.5 Å². The van der Waals surface area contributed by atoms with Gasteiger partial charge in [-0.3, -0.25) is 13.9 Å². The van der Waals surface area contributed by atoms with Crippen LogP contribution in [-0.4, -0.2) is 50.5 Å². The Kier molecular flexibility index (Phi) is 10.0. The van der Waals surface area contributed by atoms with Gasteiger partial charge >= 0.3 is 0 Å². The van der Waals surface area contributed by atoms with Gasteiger partial charge in [-0.2, -0.15) is 0 Å². The molecule has 2 amide bonds. The third kappa shape index (κ3) is 7.85. The van der Waals surface area contributed by atoms with Crippen LogP contribution >= 0.6 is 23.2 Å². The van der Waals surface area contributed by atoms with Gasteiger partial charge in [-0.05, 0) is 56.0 Å². The first-order valence-corrected chi connectivity index (χ1v) is 13.9. The number of hydrogen-bond acceptors (Lipinski definition) is 4. The predicted molar refractivity (Wildman–Crippen MR) is 142 cm³/mol. The Morgan fingerprint density at radius 1 is 1.03 bits per heavy atom. The summed E-state index contributed by atoms with van der Waals surface area (Å²) < 4.78 is 26.5. The van der Waals surface area contributed by atoms with E-state index in [4.69, 9.17) is 23.2 Å². The van der Waals surface area contributed by atoms with Crippen molar-refractivity contribution in [2.24, 2.45) is 5.92 Å². The van der Waals surface area contributed by atoms with Gasteiger partial charge in [0, 0.05) is 28.7 Å². The summed E-state index contributed by atoms with van der Waals surface area (Å²) in [5.41, 5.74) is 2.45. The van der Waals surface area contributed by atoms with Crippen LogP contribution in [0.5, 0.6) is 0 Å². The van der Waals surface area contributed by atoms with Gasteiger partial charge < -0.3 is 10.2 Å². The molecule has 0 aliphatic rings. The molecule has 0 unspecified atom stereocenters. The van der Waals surface area contributed by atoms with E-state index in [1.54, 1.807) is 44.2 Å². The van der Waals surface area contributed by atoms with Crippen molar-refractivity contribution in [2.75, 3.05) is 23.7 Å². The van der Waals surface area contributed by atoms with Crippen LogP contribution in [0.3, 0.4) is 0 Å². The normalized spacial score (nSPS) is 12.4. The van der Waals surface area contributed by atoms with Gasteiger partial charge in [0.15, 0.2) is 0 Å². The Morgan fingerprint density at radius 3 is 2.17 bits per heavy atom. The topological polar surface area (TPSA) is 86.8 Å². The molecule has 192 valence electrons. The highest BCUT2D eigenvalue weighted by molar-refractivity contribution is 7.92. The van der Waals surface area contributed by atoms with E-state index in [1.807, 2.05) is 26.8 Å². The molecular formula is C25H33Cl2N3O4S. The van der Waals surface area contributed by atoms with Crippen molar-refractivity contribution in [3.05, 3.63) is 63.1 Å². The smallest absolute Gasteiger partial charge is 0.244 e. The summed E-state index contributed by atoms with van der Waals surface area (Å²) in [5.74, 6) is -0.689. The van der Waals surface area contributed by atoms with Crippen molar-refractivity contribution in [3.63, 3.8) is 0 Å². The van der Waals surface area contributed by atoms with Crippen LogP contribution in [0.4, 0.5) is 5.69 Å². The van der Waals surface area contributed by atoms with Crippen molar-refractivity contribution >= 4 is 50.7 Å². The maximum absolute atomic E-state index is 13.6. The third-order valence-corrected chi connectivity index (χ3v) is 7.39. The van der Waals surface area contributed by atoms with Crippen molar-refractivity contribution in [3.8, 4) is 0 Å². The van der Waals surface area contributed by atoms with E-state index in [-0.39, 0.29) is 18.4 Å². The highest BCUT2D eigenvalue weighted by atomic mass is 35.5. The molecule has 2 aromatic carbocycles. The molecule has 0 heterocycles. The Morgan fingerprint density at radius 2 is 1.63 bits per heavy atom. The number of carbonyl (C=O) groups is 2. The standard InChI is InChI=1S/C25H33Cl2N3O4S/c1-16(2)13-28-25(32)19(5)29(14-20-21(26)8-7-9-22(20)27)24(31)15-30(35(6,33)34)23-12-17(3)10-11-18(23)4/h7-12,16,19H,13-15H2,1-6H3,(H,28,32)/t19-/m0/s1. The highest BCUT2D eigenvalue weighted by Gasteiger charge is 2.31. The molecule has 2 aromatic rings. The molecule has 1 atom stereocenters. The van der Waals surface area contributed by atoms with E-state index in [0.717, 1.165) is 16.1 Å². The quantitative estimate of drug-likeness (QED) is 0.477. The molecule has 0 saturated heterocycles. The lowest BCUT2D eigenvalue weighted by Gasteiger charge is -2.32. The van der Waals surface area contributed by atoms with E-state index in [0.29, 0.717) is 33.4 Å². The minimum Gasteiger partial charge on any atom is -0.354 e. The molecule has 0 aliphatic heterocycles. The second kappa shape index (κ2) is 12.1. The molecule has 0 aromatic heterocycles. The largest absolute Gasteiger partial charge is 0.354 e. The Balaban J connectivity index is 2.47. The van der Waals surface area contributed by atoms with Crippen LogP contribution in [0.25, 0.3) is 0 Å². The molecule has 35 heavy (non-hydrogen) atoms. The van der Waals surface area contributed by atoms with Gasteiger partial charge in [-0.15, -0.1) is 0 Å². The van der Waals surface area contributed by atoms with Crippen LogP contribution < -0.4 is 9.62 Å². The SMILES string of the molecule is Cc1ccc(C)c(N(CC(=O)N(Cc2c(Cl)cccc2Cl)[C@@H](C)C(=O)NCC(C)C)S(C)(=O)=O)c1. The number of amides is 2. The van der Waals surface area contributed by atoms with E-state index in [9.17, 15) is 18.0 Å². The summed E-state index contributed by atoms with van der Waals surface area (Å²) in [5, 5.41) is 3.53. The number of carbonyl (C=O) groups excluding carboxylic acids is 2. The highest BCUT2D eigenvalue weighted by Crippen LogP contribution is 2.28. The summed E-state index contributed by atoms with van der Waals surface area (Å²) in [7, 11) is -3.81. The number of benzene rings is 2. The number of anilines is 1. The minimum atomic E-state index is -3.81. The zero-order chi connectivity index (χ0) is 26.5. The fourth-order valence-corrected chi connectivity index (χ4v) is 4.89. The van der Waals surface area contributed by atoms with Gasteiger partial charge in [0.2, 0.25) is 21.8 Å². The summed E-state index contributed by atoms with van der Waals surface area (Å²) in [6, 6.07) is 9.48. The van der Waals surface area contributed by atoms with Gasteiger partial charge in [-0.1, -0.05) is 55.2 Å². The second-order valence-electron chi connectivity index (χ2n) is 9.10. The lowest BCUT2D eigenvalue weighted by molar-refractivity contribution is -0.139. The van der Waals surface area contributed by atoms with Crippen molar-refractivity contribution < 1.29 is 18.0 Å². The van der Waals surface area contributed by atoms with Crippen LogP contribution in [0, 0.1) is 19.8 Å². The molecule has 10 heteroatoms. The summed E-state index contributed by atoms with van der Waals surface area (Å²) in [6.45, 7) is 9.05. The van der Waals surface area contributed by atoms with Crippen LogP contribution in [-0.2, 0) is 26.2 Å². The molecule has 2 rings (SSSR count). The van der Waals surface area contributed by atoms with Crippen LogP contribution in [0.1, 0.15) is 37.5 Å². The van der Waals surface area contributed by atoms with Gasteiger partial charge in [0.25, 0.3) is 0 Å². The first kappa shape index (κ1) is 28.9. The lowest BCUT2D eigenvalue weighted by Crippen LogP contribution is -2.51. The number of aryl methyl sites for hydroxylation is 2. The van der Waals surface area contributed by atoms with Crippen molar-refractivity contribution in [1.82, 2.24) is 10.2 Å². The van der Waals surface area contributed by atoms with Crippen LogP contribution in [0.2, 0.25) is 10.0 Å². The zero-order valence-corrected chi connectivity index (χ0v) is 23.3. The van der Waals surface area contributed by atoms with Crippen molar-refractivity contribution in [2.45, 2.75) is 47.2 Å². The zero-order valence-electron chi connectivity index (χ0n) is 20.9. The predicted octanol–water partition coefficient (Wildman–Crippen LogP) is 4.57. The van der Waals surface area contributed by atoms with E-state index >= 15 is 0 Å². The first-order valence-electron chi connectivity index (χ1n) is 11.3. The van der Waals surface area contributed by atoms with Gasteiger partial charge in [0.1, 0.15) is 12.6 Å². The molecule has 0 bridgehead atoms. The number of nitrogens with one attached hydrogen (secondary N) is 1. The number of sulfonamides is 1. The molecule has 0 aliphatic carbocycles. The van der Waals surface area contributed by atoms with E-state index in [2.05, 4.69) is 5.32 Å². The molecular weight excluding hydrogens is 509 g/mol. The third-order valence-electron chi connectivity index (χ3n) is 5.55. The average Bonchev–Trinajstić information content (AvgIpc) is 2.76.